The third-order valence-electron chi connectivity index (χ3n) is 12.2. The Labute approximate surface area is 414 Å². The second-order valence-corrected chi connectivity index (χ2v) is 18.8. The standard InChI is InChI=1S/C61H106O6/c1-4-7-10-13-16-19-22-25-28-30-33-36-39-42-45-48-51-54-60(63)66-57-58(56-65-59(62)53-50-47-44-41-38-35-32-27-24-21-18-15-12-9-6-3)67-61(64)55-52-49-46-43-40-37-34-31-29-26-23-20-17-14-11-8-5-2/h8,11,17,20-21,24,26,29,34,37,43,46,58H,4-7,9-10,12-16,18-19,22-23,25,27-28,30-33,35-36,38-42,44-45,47-57H2,1-3H3/b11-8-,20-17-,24-21-,29-26-,37-34-,46-43-/t58-/m1/s1. The molecule has 0 aliphatic rings. The van der Waals surface area contributed by atoms with Crippen molar-refractivity contribution in [3.8, 4) is 0 Å². The van der Waals surface area contributed by atoms with Crippen molar-refractivity contribution in [3.05, 3.63) is 72.9 Å². The summed E-state index contributed by atoms with van der Waals surface area (Å²) in [5.41, 5.74) is 0. The van der Waals surface area contributed by atoms with Gasteiger partial charge in [-0.25, -0.2) is 0 Å². The highest BCUT2D eigenvalue weighted by Crippen LogP contribution is 2.16. The van der Waals surface area contributed by atoms with E-state index in [9.17, 15) is 14.4 Å². The Balaban J connectivity index is 4.45. The maximum absolute atomic E-state index is 12.8. The Hall–Kier alpha value is -3.15. The fourth-order valence-corrected chi connectivity index (χ4v) is 7.94. The van der Waals surface area contributed by atoms with Crippen LogP contribution >= 0.6 is 0 Å². The molecule has 0 amide bonds. The third-order valence-corrected chi connectivity index (χ3v) is 12.2. The lowest BCUT2D eigenvalue weighted by Gasteiger charge is -2.18. The quantitative estimate of drug-likeness (QED) is 0.0262. The number of carbonyl (C=O) groups is 3. The van der Waals surface area contributed by atoms with E-state index in [0.717, 1.165) is 77.0 Å². The number of unbranched alkanes of at least 4 members (excludes halogenated alkanes) is 28. The fraction of sp³-hybridized carbons (Fsp3) is 0.754. The number of hydrogen-bond donors (Lipinski definition) is 0. The van der Waals surface area contributed by atoms with Crippen LogP contribution in [0.25, 0.3) is 0 Å². The molecule has 0 unspecified atom stereocenters. The van der Waals surface area contributed by atoms with Crippen molar-refractivity contribution in [1.29, 1.82) is 0 Å². The summed E-state index contributed by atoms with van der Waals surface area (Å²) in [6.45, 7) is 6.49. The van der Waals surface area contributed by atoms with Crippen LogP contribution in [0.5, 0.6) is 0 Å². The molecule has 0 aromatic heterocycles. The van der Waals surface area contributed by atoms with Crippen LogP contribution < -0.4 is 0 Å². The smallest absolute Gasteiger partial charge is 0.306 e. The summed E-state index contributed by atoms with van der Waals surface area (Å²) >= 11 is 0. The van der Waals surface area contributed by atoms with Gasteiger partial charge in [-0.3, -0.25) is 14.4 Å². The van der Waals surface area contributed by atoms with Gasteiger partial charge in [-0.1, -0.05) is 248 Å². The summed E-state index contributed by atoms with van der Waals surface area (Å²) < 4.78 is 16.8. The number of rotatable bonds is 51. The van der Waals surface area contributed by atoms with Crippen molar-refractivity contribution in [2.24, 2.45) is 0 Å². The predicted molar refractivity (Wildman–Crippen MR) is 288 cm³/mol. The Morgan fingerprint density at radius 3 is 0.985 bits per heavy atom. The first-order valence-corrected chi connectivity index (χ1v) is 28.4. The monoisotopic (exact) mass is 935 g/mol. The topological polar surface area (TPSA) is 78.9 Å². The first-order valence-electron chi connectivity index (χ1n) is 28.4. The first-order chi connectivity index (χ1) is 33.0. The minimum atomic E-state index is -0.805. The highest BCUT2D eigenvalue weighted by atomic mass is 16.6. The van der Waals surface area contributed by atoms with Gasteiger partial charge in [-0.2, -0.15) is 0 Å². The molecule has 0 N–H and O–H groups in total. The lowest BCUT2D eigenvalue weighted by atomic mass is 10.0. The zero-order chi connectivity index (χ0) is 48.6. The Morgan fingerprint density at radius 1 is 0.313 bits per heavy atom. The molecule has 386 valence electrons. The molecule has 6 heteroatoms. The van der Waals surface area contributed by atoms with Crippen molar-refractivity contribution in [2.45, 2.75) is 284 Å². The lowest BCUT2D eigenvalue weighted by Crippen LogP contribution is -2.30. The maximum atomic E-state index is 12.8. The molecule has 0 aromatic carbocycles. The summed E-state index contributed by atoms with van der Waals surface area (Å²) in [4.78, 5) is 38.1. The molecule has 0 spiro atoms. The van der Waals surface area contributed by atoms with Gasteiger partial charge in [0, 0.05) is 19.3 Å². The molecule has 0 saturated heterocycles. The molecular weight excluding hydrogens is 829 g/mol. The van der Waals surface area contributed by atoms with Gasteiger partial charge in [0.05, 0.1) is 0 Å². The molecule has 0 aliphatic carbocycles. The third kappa shape index (κ3) is 53.7. The Morgan fingerprint density at radius 2 is 0.597 bits per heavy atom. The molecule has 0 aliphatic heterocycles. The second-order valence-electron chi connectivity index (χ2n) is 18.8. The van der Waals surface area contributed by atoms with Crippen LogP contribution in [0.3, 0.4) is 0 Å². The normalized spacial score (nSPS) is 12.6. The van der Waals surface area contributed by atoms with E-state index in [1.165, 1.54) is 154 Å². The highest BCUT2D eigenvalue weighted by molar-refractivity contribution is 5.71. The van der Waals surface area contributed by atoms with E-state index in [0.29, 0.717) is 19.3 Å². The van der Waals surface area contributed by atoms with E-state index < -0.39 is 6.10 Å². The lowest BCUT2D eigenvalue weighted by molar-refractivity contribution is -0.167. The van der Waals surface area contributed by atoms with Crippen LogP contribution in [-0.2, 0) is 28.6 Å². The van der Waals surface area contributed by atoms with Gasteiger partial charge in [0.1, 0.15) is 13.2 Å². The van der Waals surface area contributed by atoms with Crippen molar-refractivity contribution < 1.29 is 28.6 Å². The van der Waals surface area contributed by atoms with Crippen molar-refractivity contribution in [2.75, 3.05) is 13.2 Å². The summed E-state index contributed by atoms with van der Waals surface area (Å²) in [6, 6.07) is 0. The van der Waals surface area contributed by atoms with Crippen molar-refractivity contribution in [3.63, 3.8) is 0 Å². The molecule has 0 saturated carbocycles. The Kier molecular flexibility index (Phi) is 52.8. The van der Waals surface area contributed by atoms with Crippen molar-refractivity contribution >= 4 is 17.9 Å². The largest absolute Gasteiger partial charge is 0.462 e. The van der Waals surface area contributed by atoms with Crippen molar-refractivity contribution in [1.82, 2.24) is 0 Å². The van der Waals surface area contributed by atoms with Gasteiger partial charge < -0.3 is 14.2 Å². The minimum Gasteiger partial charge on any atom is -0.462 e. The van der Waals surface area contributed by atoms with Gasteiger partial charge in [-0.15, -0.1) is 0 Å². The maximum Gasteiger partial charge on any atom is 0.306 e. The number of esters is 3. The van der Waals surface area contributed by atoms with Gasteiger partial charge in [0.15, 0.2) is 6.10 Å². The van der Waals surface area contributed by atoms with Crippen LogP contribution in [0.1, 0.15) is 278 Å². The molecule has 0 rings (SSSR count). The van der Waals surface area contributed by atoms with E-state index in [-0.39, 0.29) is 37.5 Å². The zero-order valence-corrected chi connectivity index (χ0v) is 44.2. The zero-order valence-electron chi connectivity index (χ0n) is 44.2. The van der Waals surface area contributed by atoms with E-state index in [4.69, 9.17) is 14.2 Å². The van der Waals surface area contributed by atoms with E-state index in [2.05, 4.69) is 93.7 Å². The van der Waals surface area contributed by atoms with Gasteiger partial charge in [-0.05, 0) is 83.5 Å². The summed E-state index contributed by atoms with van der Waals surface area (Å²) in [5.74, 6) is -0.951. The van der Waals surface area contributed by atoms with E-state index >= 15 is 0 Å². The minimum absolute atomic E-state index is 0.0969. The molecule has 0 fully saturated rings. The summed E-state index contributed by atoms with van der Waals surface area (Å²) in [7, 11) is 0. The number of carbonyl (C=O) groups excluding carboxylic acids is 3. The summed E-state index contributed by atoms with van der Waals surface area (Å²) in [6.07, 6.45) is 70.4. The van der Waals surface area contributed by atoms with Crippen LogP contribution in [0.4, 0.5) is 0 Å². The van der Waals surface area contributed by atoms with E-state index in [1.807, 2.05) is 0 Å². The average Bonchev–Trinajstić information content (AvgIpc) is 3.33. The molecule has 0 heterocycles. The van der Waals surface area contributed by atoms with E-state index in [1.54, 1.807) is 0 Å². The molecular formula is C61H106O6. The molecule has 67 heavy (non-hydrogen) atoms. The van der Waals surface area contributed by atoms with Gasteiger partial charge >= 0.3 is 17.9 Å². The summed E-state index contributed by atoms with van der Waals surface area (Å²) in [5, 5.41) is 0. The molecule has 6 nitrogen and oxygen atoms in total. The second kappa shape index (κ2) is 55.4. The molecule has 1 atom stereocenters. The number of ether oxygens (including phenoxy) is 3. The number of hydrogen-bond acceptors (Lipinski definition) is 6. The first kappa shape index (κ1) is 63.8. The van der Waals surface area contributed by atoms with Gasteiger partial charge in [0.25, 0.3) is 0 Å². The highest BCUT2D eigenvalue weighted by Gasteiger charge is 2.19. The average molecular weight is 936 g/mol. The molecule has 0 bridgehead atoms. The predicted octanol–water partition coefficient (Wildman–Crippen LogP) is 19.0. The molecule has 0 radical (unpaired) electrons. The fourth-order valence-electron chi connectivity index (χ4n) is 7.94. The van der Waals surface area contributed by atoms with Crippen LogP contribution in [-0.4, -0.2) is 37.2 Å². The number of allylic oxidation sites excluding steroid dienone is 12. The SMILES string of the molecule is CC/C=C\C/C=C\C/C=C\C/C=C\C/C=C\CCCC(=O)O[C@H](COC(=O)CCCCCCCCC/C=C\CCCCCC)COC(=O)CCCCCCCCCCCCCCCCCCC. The van der Waals surface area contributed by atoms with Crippen LogP contribution in [0, 0.1) is 0 Å². The van der Waals surface area contributed by atoms with Crippen LogP contribution in [0.15, 0.2) is 72.9 Å². The molecule has 0 aromatic rings. The van der Waals surface area contributed by atoms with Crippen LogP contribution in [0.2, 0.25) is 0 Å². The Bertz CT molecular complexity index is 1260. The van der Waals surface area contributed by atoms with Gasteiger partial charge in [0.2, 0.25) is 0 Å².